The van der Waals surface area contributed by atoms with Crippen molar-refractivity contribution in [1.29, 1.82) is 0 Å². The van der Waals surface area contributed by atoms with Gasteiger partial charge in [0.05, 0.1) is 37.2 Å². The number of β-amino-alcohol motifs (C(OH)–C–C–N with tert-alkyl or cyclic N) is 1. The number of anilines is 2. The van der Waals surface area contributed by atoms with Crippen LogP contribution in [0, 0.1) is 0 Å². The van der Waals surface area contributed by atoms with Crippen molar-refractivity contribution in [3.05, 3.63) is 48.0 Å². The molecule has 0 bridgehead atoms. The van der Waals surface area contributed by atoms with Gasteiger partial charge < -0.3 is 20.2 Å². The van der Waals surface area contributed by atoms with Gasteiger partial charge in [-0.3, -0.25) is 4.90 Å². The van der Waals surface area contributed by atoms with Crippen molar-refractivity contribution in [3.8, 4) is 0 Å². The molecule has 5 nitrogen and oxygen atoms in total. The van der Waals surface area contributed by atoms with Gasteiger partial charge in [-0.05, 0) is 24.3 Å². The summed E-state index contributed by atoms with van der Waals surface area (Å²) >= 11 is 1.51. The van der Waals surface area contributed by atoms with Crippen molar-refractivity contribution in [2.45, 2.75) is 21.6 Å². The number of nitrogens with zero attached hydrogens (tertiary/aromatic N) is 2. The van der Waals surface area contributed by atoms with Gasteiger partial charge in [0.15, 0.2) is 0 Å². The average Bonchev–Trinajstić information content (AvgIpc) is 2.67. The molecular weight excluding hydrogens is 417 g/mol. The zero-order valence-corrected chi connectivity index (χ0v) is 17.8. The predicted molar refractivity (Wildman–Crippen MR) is 114 cm³/mol. The van der Waals surface area contributed by atoms with Gasteiger partial charge in [-0.15, -0.1) is 0 Å². The summed E-state index contributed by atoms with van der Waals surface area (Å²) in [6, 6.07) is 12.2. The van der Waals surface area contributed by atoms with Gasteiger partial charge in [0.25, 0.3) is 5.66 Å². The summed E-state index contributed by atoms with van der Waals surface area (Å²) in [4.78, 5) is 5.46. The molecule has 2 aromatic rings. The summed E-state index contributed by atoms with van der Waals surface area (Å²) in [6.07, 6.45) is -0.808. The number of halogens is 2. The number of para-hydroxylation sites is 1. The molecule has 1 heterocycles. The van der Waals surface area contributed by atoms with E-state index in [1.54, 1.807) is 20.2 Å². The summed E-state index contributed by atoms with van der Waals surface area (Å²) < 4.78 is 27.8. The van der Waals surface area contributed by atoms with E-state index in [-0.39, 0.29) is 31.9 Å². The highest BCUT2D eigenvalue weighted by Crippen LogP contribution is 2.49. The fraction of sp³-hybridized carbons (Fsp3) is 0.400. The Labute approximate surface area is 175 Å². The van der Waals surface area contributed by atoms with E-state index < -0.39 is 11.8 Å². The first-order valence-corrected chi connectivity index (χ1v) is 10.7. The van der Waals surface area contributed by atoms with Crippen LogP contribution in [0.25, 0.3) is 0 Å². The molecule has 2 unspecified atom stereocenters. The van der Waals surface area contributed by atoms with Crippen molar-refractivity contribution in [3.63, 3.8) is 0 Å². The van der Waals surface area contributed by atoms with E-state index in [9.17, 15) is 24.1 Å². The lowest BCUT2D eigenvalue weighted by Crippen LogP contribution is -2.41. The first kappa shape index (κ1) is 22.4. The second-order valence-corrected chi connectivity index (χ2v) is 8.70. The van der Waals surface area contributed by atoms with E-state index in [4.69, 9.17) is 0 Å². The Balaban J connectivity index is 1.90. The summed E-state index contributed by atoms with van der Waals surface area (Å²) in [5.74, 6) is 0. The lowest BCUT2D eigenvalue weighted by Gasteiger charge is -2.35. The van der Waals surface area contributed by atoms with Gasteiger partial charge in [0.2, 0.25) is 0 Å². The Morgan fingerprint density at radius 3 is 2.34 bits per heavy atom. The number of benzene rings is 2. The van der Waals surface area contributed by atoms with Crippen molar-refractivity contribution in [2.75, 3.05) is 44.3 Å². The van der Waals surface area contributed by atoms with Crippen molar-refractivity contribution >= 4 is 32.4 Å². The Bertz CT molecular complexity index is 832. The Morgan fingerprint density at radius 1 is 1.03 bits per heavy atom. The Hall–Kier alpha value is -1.28. The quantitative estimate of drug-likeness (QED) is 0.519. The molecule has 0 radical (unpaired) electrons. The minimum Gasteiger partial charge on any atom is -0.395 e. The van der Waals surface area contributed by atoms with Gasteiger partial charge in [-0.25, -0.2) is 0 Å². The molecule has 0 saturated carbocycles. The molecule has 3 N–H and O–H groups in total. The number of rotatable bonds is 9. The molecule has 0 spiro atoms. The second-order valence-electron chi connectivity index (χ2n) is 6.89. The van der Waals surface area contributed by atoms with Crippen molar-refractivity contribution in [2.24, 2.45) is 0 Å². The van der Waals surface area contributed by atoms with Crippen LogP contribution in [0.4, 0.5) is 20.2 Å². The van der Waals surface area contributed by atoms with E-state index in [1.807, 2.05) is 29.2 Å². The smallest absolute Gasteiger partial charge is 0.283 e. The number of hydrogen-bond acceptors (Lipinski definition) is 6. The Kier molecular flexibility index (Phi) is 7.48. The van der Waals surface area contributed by atoms with E-state index >= 15 is 0 Å². The van der Waals surface area contributed by atoms with Gasteiger partial charge in [-0.2, -0.15) is 8.78 Å². The molecule has 0 amide bonds. The molecule has 0 fully saturated rings. The van der Waals surface area contributed by atoms with Gasteiger partial charge in [0, 0.05) is 35.0 Å². The predicted octanol–water partition coefficient (Wildman–Crippen LogP) is 2.86. The Morgan fingerprint density at radius 2 is 1.69 bits per heavy atom. The SMILES string of the molecule is OCCN(CCO)CC(O)CN1c2ccccc2Sc2ccc(C(F)(F)P)cc21. The summed E-state index contributed by atoms with van der Waals surface area (Å²) in [5, 5.41) is 29.0. The van der Waals surface area contributed by atoms with Crippen LogP contribution < -0.4 is 4.90 Å². The minimum atomic E-state index is -3.04. The van der Waals surface area contributed by atoms with Crippen LogP contribution in [-0.2, 0) is 5.66 Å². The third kappa shape index (κ3) is 5.45. The maximum Gasteiger partial charge on any atom is 0.283 e. The maximum absolute atomic E-state index is 13.9. The molecule has 1 aliphatic heterocycles. The van der Waals surface area contributed by atoms with Crippen LogP contribution in [0.5, 0.6) is 0 Å². The standard InChI is InChI=1S/C20H25F2N2O3PS/c21-20(22,28)14-5-6-19-17(11-14)24(16-3-1-2-4-18(16)29-19)13-15(27)12-23(7-9-25)8-10-26/h1-6,11,15,25-27H,7-10,12-13,28H2. The van der Waals surface area contributed by atoms with Crippen LogP contribution in [0.3, 0.4) is 0 Å². The average molecular weight is 442 g/mol. The molecule has 2 aromatic carbocycles. The number of fused-ring (bicyclic) bond motifs is 2. The zero-order valence-electron chi connectivity index (χ0n) is 15.8. The fourth-order valence-corrected chi connectivity index (χ4v) is 4.63. The monoisotopic (exact) mass is 442 g/mol. The van der Waals surface area contributed by atoms with Crippen LogP contribution in [-0.4, -0.2) is 65.7 Å². The van der Waals surface area contributed by atoms with Crippen LogP contribution in [0.2, 0.25) is 0 Å². The highest BCUT2D eigenvalue weighted by atomic mass is 32.2. The number of hydrogen-bond donors (Lipinski definition) is 3. The molecule has 9 heteroatoms. The van der Waals surface area contributed by atoms with Gasteiger partial charge in [0.1, 0.15) is 0 Å². The largest absolute Gasteiger partial charge is 0.395 e. The molecule has 158 valence electrons. The number of aliphatic hydroxyl groups is 3. The molecular formula is C20H25F2N2O3PS. The molecule has 3 rings (SSSR count). The van der Waals surface area contributed by atoms with E-state index in [0.29, 0.717) is 18.8 Å². The number of aliphatic hydroxyl groups excluding tert-OH is 3. The highest BCUT2D eigenvalue weighted by molar-refractivity contribution is 7.99. The van der Waals surface area contributed by atoms with E-state index in [1.165, 1.54) is 23.9 Å². The normalized spacial score (nSPS) is 14.7. The van der Waals surface area contributed by atoms with Gasteiger partial charge >= 0.3 is 0 Å². The van der Waals surface area contributed by atoms with Crippen LogP contribution in [0.15, 0.2) is 52.3 Å². The van der Waals surface area contributed by atoms with E-state index in [2.05, 4.69) is 0 Å². The second kappa shape index (κ2) is 9.69. The topological polar surface area (TPSA) is 67.2 Å². The lowest BCUT2D eigenvalue weighted by atomic mass is 10.1. The molecule has 1 aliphatic rings. The molecule has 0 aliphatic carbocycles. The number of alkyl halides is 2. The molecule has 0 aromatic heterocycles. The first-order valence-electron chi connectivity index (χ1n) is 9.31. The van der Waals surface area contributed by atoms with Crippen LogP contribution >= 0.6 is 21.0 Å². The fourth-order valence-electron chi connectivity index (χ4n) is 3.38. The third-order valence-corrected chi connectivity index (χ3v) is 6.17. The first-order chi connectivity index (χ1) is 13.8. The lowest BCUT2D eigenvalue weighted by molar-refractivity contribution is 0.0917. The molecule has 0 saturated heterocycles. The zero-order chi connectivity index (χ0) is 21.0. The summed E-state index contributed by atoms with van der Waals surface area (Å²) in [5.41, 5.74) is -1.67. The minimum absolute atomic E-state index is 0.0780. The van der Waals surface area contributed by atoms with Crippen LogP contribution in [0.1, 0.15) is 5.56 Å². The summed E-state index contributed by atoms with van der Waals surface area (Å²) in [7, 11) is 1.56. The molecule has 2 atom stereocenters. The molecule has 29 heavy (non-hydrogen) atoms. The third-order valence-electron chi connectivity index (χ3n) is 4.71. The highest BCUT2D eigenvalue weighted by Gasteiger charge is 2.30. The van der Waals surface area contributed by atoms with Crippen molar-refractivity contribution in [1.82, 2.24) is 4.90 Å². The van der Waals surface area contributed by atoms with Crippen molar-refractivity contribution < 1.29 is 24.1 Å². The van der Waals surface area contributed by atoms with E-state index in [0.717, 1.165) is 15.5 Å². The maximum atomic E-state index is 13.9. The van der Waals surface area contributed by atoms with Gasteiger partial charge in [-0.1, -0.05) is 39.2 Å². The summed E-state index contributed by atoms with van der Waals surface area (Å²) in [6.45, 7) is 0.969.